The predicted molar refractivity (Wildman–Crippen MR) is 91.4 cm³/mol. The Kier molecular flexibility index (Phi) is 7.06. The average Bonchev–Trinajstić information content (AvgIpc) is 3.06. The summed E-state index contributed by atoms with van der Waals surface area (Å²) in [6.45, 7) is 0.987. The van der Waals surface area contributed by atoms with Crippen LogP contribution < -0.4 is 15.4 Å². The number of rotatable bonds is 6. The number of halogens is 1. The Balaban J connectivity index is 1.71. The Bertz CT molecular complexity index is 631. The van der Waals surface area contributed by atoms with Gasteiger partial charge in [0.25, 0.3) is 5.91 Å². The van der Waals surface area contributed by atoms with Crippen LogP contribution in [0.1, 0.15) is 32.6 Å². The fraction of sp³-hybridized carbons (Fsp3) is 0.471. The summed E-state index contributed by atoms with van der Waals surface area (Å²) < 4.78 is 10.2. The molecule has 7 nitrogen and oxygen atoms in total. The van der Waals surface area contributed by atoms with Crippen LogP contribution >= 0.6 is 11.6 Å². The van der Waals surface area contributed by atoms with Crippen molar-refractivity contribution in [3.63, 3.8) is 0 Å². The summed E-state index contributed by atoms with van der Waals surface area (Å²) in [5, 5.41) is 5.25. The predicted octanol–water partition coefficient (Wildman–Crippen LogP) is 2.42. The molecule has 2 rings (SSSR count). The number of hydrogen-bond donors (Lipinski definition) is 2. The SMILES string of the molecule is CC(OC(=O)COc1ccccc1Cl)C(=O)NC(=O)NC1CCCC1. The minimum Gasteiger partial charge on any atom is -0.480 e. The summed E-state index contributed by atoms with van der Waals surface area (Å²) in [5.41, 5.74) is 0. The van der Waals surface area contributed by atoms with Gasteiger partial charge in [0.15, 0.2) is 12.7 Å². The number of hydrogen-bond acceptors (Lipinski definition) is 5. The van der Waals surface area contributed by atoms with Gasteiger partial charge in [-0.15, -0.1) is 0 Å². The first-order chi connectivity index (χ1) is 12.0. The second kappa shape index (κ2) is 9.27. The number of esters is 1. The highest BCUT2D eigenvalue weighted by molar-refractivity contribution is 6.32. The van der Waals surface area contributed by atoms with Crippen molar-refractivity contribution in [2.45, 2.75) is 44.8 Å². The van der Waals surface area contributed by atoms with Crippen molar-refractivity contribution >= 4 is 29.5 Å². The monoisotopic (exact) mass is 368 g/mol. The smallest absolute Gasteiger partial charge is 0.344 e. The van der Waals surface area contributed by atoms with E-state index in [4.69, 9.17) is 21.1 Å². The van der Waals surface area contributed by atoms with E-state index in [9.17, 15) is 14.4 Å². The molecule has 8 heteroatoms. The van der Waals surface area contributed by atoms with Crippen LogP contribution in [0.5, 0.6) is 5.75 Å². The average molecular weight is 369 g/mol. The molecule has 1 aromatic rings. The van der Waals surface area contributed by atoms with Gasteiger partial charge >= 0.3 is 12.0 Å². The van der Waals surface area contributed by atoms with Crippen molar-refractivity contribution in [1.82, 2.24) is 10.6 Å². The van der Waals surface area contributed by atoms with Crippen molar-refractivity contribution < 1.29 is 23.9 Å². The normalized spacial score (nSPS) is 15.3. The Morgan fingerprint density at radius 2 is 1.92 bits per heavy atom. The van der Waals surface area contributed by atoms with Crippen LogP contribution in [0.25, 0.3) is 0 Å². The number of para-hydroxylation sites is 1. The Hall–Kier alpha value is -2.28. The van der Waals surface area contributed by atoms with E-state index >= 15 is 0 Å². The Labute approximate surface area is 151 Å². The van der Waals surface area contributed by atoms with Crippen LogP contribution in [0.2, 0.25) is 5.02 Å². The molecular formula is C17H21ClN2O5. The fourth-order valence-corrected chi connectivity index (χ4v) is 2.68. The van der Waals surface area contributed by atoms with Crippen molar-refractivity contribution in [1.29, 1.82) is 0 Å². The maximum Gasteiger partial charge on any atom is 0.344 e. The van der Waals surface area contributed by atoms with Gasteiger partial charge in [0.05, 0.1) is 5.02 Å². The van der Waals surface area contributed by atoms with Gasteiger partial charge in [0, 0.05) is 6.04 Å². The van der Waals surface area contributed by atoms with Gasteiger partial charge < -0.3 is 14.8 Å². The first kappa shape index (κ1) is 19.1. The molecule has 136 valence electrons. The molecule has 1 fully saturated rings. The molecular weight excluding hydrogens is 348 g/mol. The van der Waals surface area contributed by atoms with E-state index in [1.165, 1.54) is 6.92 Å². The van der Waals surface area contributed by atoms with Crippen molar-refractivity contribution in [2.75, 3.05) is 6.61 Å². The lowest BCUT2D eigenvalue weighted by molar-refractivity contribution is -0.156. The topological polar surface area (TPSA) is 93.7 Å². The summed E-state index contributed by atoms with van der Waals surface area (Å²) in [5.74, 6) is -1.09. The molecule has 0 aromatic heterocycles. The van der Waals surface area contributed by atoms with Crippen LogP contribution in [0.4, 0.5) is 4.79 Å². The summed E-state index contributed by atoms with van der Waals surface area (Å²) in [6, 6.07) is 6.20. The summed E-state index contributed by atoms with van der Waals surface area (Å²) in [6.07, 6.45) is 2.84. The number of ether oxygens (including phenoxy) is 2. The van der Waals surface area contributed by atoms with Crippen molar-refractivity contribution in [3.8, 4) is 5.75 Å². The quantitative estimate of drug-likeness (QED) is 0.752. The maximum absolute atomic E-state index is 11.9. The second-order valence-electron chi connectivity index (χ2n) is 5.80. The third-order valence-corrected chi connectivity index (χ3v) is 4.10. The zero-order valence-corrected chi connectivity index (χ0v) is 14.7. The lowest BCUT2D eigenvalue weighted by Gasteiger charge is -2.15. The Morgan fingerprint density at radius 3 is 2.60 bits per heavy atom. The highest BCUT2D eigenvalue weighted by Gasteiger charge is 2.22. The van der Waals surface area contributed by atoms with E-state index in [2.05, 4.69) is 10.6 Å². The molecule has 0 heterocycles. The number of benzene rings is 1. The molecule has 0 spiro atoms. The van der Waals surface area contributed by atoms with Crippen molar-refractivity contribution in [3.05, 3.63) is 29.3 Å². The van der Waals surface area contributed by atoms with Crippen LogP contribution in [0.15, 0.2) is 24.3 Å². The lowest BCUT2D eigenvalue weighted by atomic mass is 10.2. The molecule has 1 atom stereocenters. The van der Waals surface area contributed by atoms with E-state index in [0.717, 1.165) is 25.7 Å². The van der Waals surface area contributed by atoms with Crippen LogP contribution in [0, 0.1) is 0 Å². The third-order valence-electron chi connectivity index (χ3n) is 3.79. The standard InChI is InChI=1S/C17H21ClN2O5/c1-11(16(22)20-17(23)19-12-6-2-3-7-12)25-15(21)10-24-14-9-5-4-8-13(14)18/h4-5,8-9,11-12H,2-3,6-7,10H2,1H3,(H2,19,20,22,23). The zero-order valence-electron chi connectivity index (χ0n) is 13.9. The number of amides is 3. The minimum atomic E-state index is -1.11. The van der Waals surface area contributed by atoms with Gasteiger partial charge in [-0.25, -0.2) is 9.59 Å². The number of nitrogens with one attached hydrogen (secondary N) is 2. The lowest BCUT2D eigenvalue weighted by Crippen LogP contribution is -2.47. The van der Waals surface area contributed by atoms with E-state index in [1.54, 1.807) is 24.3 Å². The molecule has 0 saturated heterocycles. The number of carbonyl (C=O) groups excluding carboxylic acids is 3. The van der Waals surface area contributed by atoms with Crippen LogP contribution in [0.3, 0.4) is 0 Å². The number of imide groups is 1. The van der Waals surface area contributed by atoms with Crippen LogP contribution in [-0.2, 0) is 14.3 Å². The summed E-state index contributed by atoms with van der Waals surface area (Å²) in [7, 11) is 0. The fourth-order valence-electron chi connectivity index (χ4n) is 2.49. The molecule has 1 aliphatic carbocycles. The van der Waals surface area contributed by atoms with E-state index in [0.29, 0.717) is 10.8 Å². The Morgan fingerprint density at radius 1 is 1.24 bits per heavy atom. The van der Waals surface area contributed by atoms with E-state index < -0.39 is 30.6 Å². The molecule has 1 aromatic carbocycles. The molecule has 2 N–H and O–H groups in total. The first-order valence-electron chi connectivity index (χ1n) is 8.14. The van der Waals surface area contributed by atoms with Gasteiger partial charge in [-0.3, -0.25) is 10.1 Å². The number of urea groups is 1. The molecule has 1 aliphatic rings. The minimum absolute atomic E-state index is 0.0923. The second-order valence-corrected chi connectivity index (χ2v) is 6.20. The third kappa shape index (κ3) is 6.26. The van der Waals surface area contributed by atoms with E-state index in [-0.39, 0.29) is 6.04 Å². The summed E-state index contributed by atoms with van der Waals surface area (Å²) in [4.78, 5) is 35.3. The van der Waals surface area contributed by atoms with E-state index in [1.807, 2.05) is 0 Å². The molecule has 0 bridgehead atoms. The molecule has 0 radical (unpaired) electrons. The molecule has 25 heavy (non-hydrogen) atoms. The first-order valence-corrected chi connectivity index (χ1v) is 8.51. The van der Waals surface area contributed by atoms with Gasteiger partial charge in [-0.2, -0.15) is 0 Å². The molecule has 1 unspecified atom stereocenters. The molecule has 3 amide bonds. The number of carbonyl (C=O) groups is 3. The maximum atomic E-state index is 11.9. The van der Waals surface area contributed by atoms with Gasteiger partial charge in [-0.05, 0) is 31.9 Å². The van der Waals surface area contributed by atoms with Gasteiger partial charge in [0.2, 0.25) is 0 Å². The largest absolute Gasteiger partial charge is 0.480 e. The molecule has 1 saturated carbocycles. The zero-order chi connectivity index (χ0) is 18.2. The van der Waals surface area contributed by atoms with Crippen molar-refractivity contribution in [2.24, 2.45) is 0 Å². The highest BCUT2D eigenvalue weighted by atomic mass is 35.5. The van der Waals surface area contributed by atoms with Gasteiger partial charge in [0.1, 0.15) is 5.75 Å². The molecule has 0 aliphatic heterocycles. The highest BCUT2D eigenvalue weighted by Crippen LogP contribution is 2.23. The van der Waals surface area contributed by atoms with Crippen LogP contribution in [-0.4, -0.2) is 36.7 Å². The van der Waals surface area contributed by atoms with Gasteiger partial charge in [-0.1, -0.05) is 36.6 Å². The summed E-state index contributed by atoms with van der Waals surface area (Å²) >= 11 is 5.91.